The number of rotatable bonds is 3. The SMILES string of the molecule is CC(C)(C)OC(=O)N1C(=O)/C(=C/c2cccc3ncccc23)N=C1/C=C/c1cnc[nH]1. The fraction of sp³-hybridized carbons (Fsp3) is 0.174. The maximum atomic E-state index is 13.1. The number of carbonyl (C=O) groups excluding carboxylic acids is 2. The van der Waals surface area contributed by atoms with E-state index in [0.29, 0.717) is 5.69 Å². The molecule has 3 aromatic rings. The fourth-order valence-electron chi connectivity index (χ4n) is 3.05. The van der Waals surface area contributed by atoms with Crippen LogP contribution in [0.2, 0.25) is 0 Å². The summed E-state index contributed by atoms with van der Waals surface area (Å²) in [4.78, 5) is 42.5. The molecule has 0 saturated heterocycles. The molecule has 0 spiro atoms. The standard InChI is InChI=1S/C23H21N5O3/c1-23(2,3)31-22(30)28-20(10-9-16-13-24-14-26-16)27-19(21(28)29)12-15-6-4-8-18-17(15)7-5-11-25-18/h4-14H,1-3H3,(H,24,26)/b10-9+,19-12-. The summed E-state index contributed by atoms with van der Waals surface area (Å²) in [7, 11) is 0. The molecule has 1 aliphatic rings. The van der Waals surface area contributed by atoms with Gasteiger partial charge in [-0.05, 0) is 56.7 Å². The number of nitrogens with one attached hydrogen (secondary N) is 1. The number of benzene rings is 1. The van der Waals surface area contributed by atoms with Gasteiger partial charge in [0, 0.05) is 11.6 Å². The fourth-order valence-corrected chi connectivity index (χ4v) is 3.05. The maximum absolute atomic E-state index is 13.1. The molecule has 3 heterocycles. The second-order valence-corrected chi connectivity index (χ2v) is 7.88. The molecule has 8 heteroatoms. The molecule has 0 saturated carbocycles. The van der Waals surface area contributed by atoms with Gasteiger partial charge in [0.2, 0.25) is 0 Å². The van der Waals surface area contributed by atoms with Crippen LogP contribution in [0.15, 0.2) is 65.8 Å². The molecule has 0 radical (unpaired) electrons. The first-order valence-corrected chi connectivity index (χ1v) is 9.70. The summed E-state index contributed by atoms with van der Waals surface area (Å²) >= 11 is 0. The van der Waals surface area contributed by atoms with E-state index in [-0.39, 0.29) is 11.5 Å². The predicted molar refractivity (Wildman–Crippen MR) is 118 cm³/mol. The van der Waals surface area contributed by atoms with E-state index in [4.69, 9.17) is 4.74 Å². The number of amidine groups is 1. The molecule has 1 N–H and O–H groups in total. The van der Waals surface area contributed by atoms with E-state index in [0.717, 1.165) is 21.4 Å². The van der Waals surface area contributed by atoms with Gasteiger partial charge in [0.05, 0.1) is 23.7 Å². The van der Waals surface area contributed by atoms with E-state index in [1.807, 2.05) is 30.3 Å². The Balaban J connectivity index is 1.75. The minimum absolute atomic E-state index is 0.131. The number of carbonyl (C=O) groups is 2. The third kappa shape index (κ3) is 4.42. The molecule has 156 valence electrons. The number of H-pyrrole nitrogens is 1. The average Bonchev–Trinajstić information content (AvgIpc) is 3.33. The molecule has 0 fully saturated rings. The number of aliphatic imine (C=N–C) groups is 1. The van der Waals surface area contributed by atoms with Crippen LogP contribution in [0.25, 0.3) is 23.1 Å². The Hall–Kier alpha value is -4.07. The molecule has 8 nitrogen and oxygen atoms in total. The molecule has 0 bridgehead atoms. The third-order valence-corrected chi connectivity index (χ3v) is 4.37. The van der Waals surface area contributed by atoms with Crippen molar-refractivity contribution in [3.05, 3.63) is 72.1 Å². The van der Waals surface area contributed by atoms with Gasteiger partial charge < -0.3 is 9.72 Å². The number of hydrogen-bond acceptors (Lipinski definition) is 6. The highest BCUT2D eigenvalue weighted by Crippen LogP contribution is 2.25. The number of imidazole rings is 1. The van der Waals surface area contributed by atoms with Crippen molar-refractivity contribution in [3.8, 4) is 0 Å². The van der Waals surface area contributed by atoms with Gasteiger partial charge in [-0.1, -0.05) is 18.2 Å². The van der Waals surface area contributed by atoms with Crippen LogP contribution >= 0.6 is 0 Å². The largest absolute Gasteiger partial charge is 0.443 e. The Kier molecular flexibility index (Phi) is 5.21. The minimum atomic E-state index is -0.784. The van der Waals surface area contributed by atoms with E-state index >= 15 is 0 Å². The molecule has 1 aliphatic heterocycles. The van der Waals surface area contributed by atoms with Crippen LogP contribution in [-0.2, 0) is 9.53 Å². The Morgan fingerprint density at radius 2 is 2.00 bits per heavy atom. The van der Waals surface area contributed by atoms with Crippen LogP contribution in [-0.4, -0.2) is 43.3 Å². The van der Waals surface area contributed by atoms with Crippen LogP contribution in [0, 0.1) is 0 Å². The summed E-state index contributed by atoms with van der Waals surface area (Å²) in [6.45, 7) is 5.22. The Bertz CT molecular complexity index is 1230. The first kappa shape index (κ1) is 20.2. The zero-order valence-electron chi connectivity index (χ0n) is 17.4. The number of pyridine rings is 1. The summed E-state index contributed by atoms with van der Waals surface area (Å²) in [6, 6.07) is 9.37. The van der Waals surface area contributed by atoms with Crippen molar-refractivity contribution in [1.29, 1.82) is 0 Å². The van der Waals surface area contributed by atoms with Gasteiger partial charge in [0.25, 0.3) is 5.91 Å². The van der Waals surface area contributed by atoms with Crippen molar-refractivity contribution in [2.24, 2.45) is 4.99 Å². The minimum Gasteiger partial charge on any atom is -0.443 e. The van der Waals surface area contributed by atoms with E-state index in [2.05, 4.69) is 19.9 Å². The first-order chi connectivity index (χ1) is 14.8. The van der Waals surface area contributed by atoms with Gasteiger partial charge in [0.1, 0.15) is 17.1 Å². The van der Waals surface area contributed by atoms with Crippen LogP contribution in [0.1, 0.15) is 32.0 Å². The zero-order chi connectivity index (χ0) is 22.0. The van der Waals surface area contributed by atoms with Gasteiger partial charge in [-0.25, -0.2) is 14.8 Å². The number of aromatic nitrogens is 3. The molecule has 0 atom stereocenters. The predicted octanol–water partition coefficient (Wildman–Crippen LogP) is 4.19. The monoisotopic (exact) mass is 415 g/mol. The quantitative estimate of drug-likeness (QED) is 0.647. The summed E-state index contributed by atoms with van der Waals surface area (Å²) in [5.74, 6) is -0.391. The van der Waals surface area contributed by atoms with Crippen molar-refractivity contribution >= 4 is 40.9 Å². The Morgan fingerprint density at radius 3 is 2.74 bits per heavy atom. The van der Waals surface area contributed by atoms with Gasteiger partial charge in [0.15, 0.2) is 0 Å². The Morgan fingerprint density at radius 1 is 1.16 bits per heavy atom. The van der Waals surface area contributed by atoms with Crippen molar-refractivity contribution in [2.45, 2.75) is 26.4 Å². The normalized spacial score (nSPS) is 15.8. The van der Waals surface area contributed by atoms with E-state index < -0.39 is 17.6 Å². The number of nitrogens with zero attached hydrogens (tertiary/aromatic N) is 4. The van der Waals surface area contributed by atoms with Crippen LogP contribution in [0.4, 0.5) is 4.79 Å². The topological polar surface area (TPSA) is 101 Å². The van der Waals surface area contributed by atoms with E-state index in [1.54, 1.807) is 51.4 Å². The highest BCUT2D eigenvalue weighted by Gasteiger charge is 2.37. The van der Waals surface area contributed by atoms with Crippen molar-refractivity contribution in [1.82, 2.24) is 19.9 Å². The third-order valence-electron chi connectivity index (χ3n) is 4.37. The maximum Gasteiger partial charge on any atom is 0.423 e. The molecule has 0 aliphatic carbocycles. The number of aromatic amines is 1. The number of fused-ring (bicyclic) bond motifs is 1. The second kappa shape index (κ2) is 7.98. The van der Waals surface area contributed by atoms with Crippen LogP contribution in [0.3, 0.4) is 0 Å². The smallest absolute Gasteiger partial charge is 0.423 e. The molecule has 31 heavy (non-hydrogen) atoms. The summed E-state index contributed by atoms with van der Waals surface area (Å²) in [5.41, 5.74) is 1.65. The lowest BCUT2D eigenvalue weighted by Gasteiger charge is -2.23. The van der Waals surface area contributed by atoms with E-state index in [1.165, 1.54) is 6.33 Å². The number of ether oxygens (including phenoxy) is 1. The highest BCUT2D eigenvalue weighted by atomic mass is 16.6. The lowest BCUT2D eigenvalue weighted by atomic mass is 10.1. The van der Waals surface area contributed by atoms with E-state index in [9.17, 15) is 9.59 Å². The van der Waals surface area contributed by atoms with Gasteiger partial charge in [-0.3, -0.25) is 9.78 Å². The summed E-state index contributed by atoms with van der Waals surface area (Å²) in [6.07, 6.45) is 8.98. The average molecular weight is 415 g/mol. The second-order valence-electron chi connectivity index (χ2n) is 7.88. The molecule has 4 rings (SSSR count). The molecule has 0 unspecified atom stereocenters. The van der Waals surface area contributed by atoms with Gasteiger partial charge >= 0.3 is 6.09 Å². The molecule has 2 aromatic heterocycles. The van der Waals surface area contributed by atoms with Gasteiger partial charge in [-0.2, -0.15) is 4.90 Å². The lowest BCUT2D eigenvalue weighted by Crippen LogP contribution is -2.41. The number of hydrogen-bond donors (Lipinski definition) is 1. The lowest BCUT2D eigenvalue weighted by molar-refractivity contribution is -0.122. The summed E-state index contributed by atoms with van der Waals surface area (Å²) in [5, 5.41) is 0.880. The number of imide groups is 1. The zero-order valence-corrected chi connectivity index (χ0v) is 17.4. The van der Waals surface area contributed by atoms with Crippen molar-refractivity contribution in [2.75, 3.05) is 0 Å². The Labute approximate surface area is 179 Å². The molecule has 2 amide bonds. The number of amides is 2. The molecule has 1 aromatic carbocycles. The first-order valence-electron chi connectivity index (χ1n) is 9.70. The van der Waals surface area contributed by atoms with Crippen LogP contribution in [0.5, 0.6) is 0 Å². The van der Waals surface area contributed by atoms with Crippen molar-refractivity contribution in [3.63, 3.8) is 0 Å². The molecular weight excluding hydrogens is 394 g/mol. The highest BCUT2D eigenvalue weighted by molar-refractivity contribution is 6.26. The van der Waals surface area contributed by atoms with Crippen LogP contribution < -0.4 is 0 Å². The summed E-state index contributed by atoms with van der Waals surface area (Å²) < 4.78 is 5.42. The van der Waals surface area contributed by atoms with Gasteiger partial charge in [-0.15, -0.1) is 0 Å². The molecular formula is C23H21N5O3. The van der Waals surface area contributed by atoms with Crippen molar-refractivity contribution < 1.29 is 14.3 Å².